The van der Waals surface area contributed by atoms with Gasteiger partial charge in [0.2, 0.25) is 0 Å². The van der Waals surface area contributed by atoms with Crippen LogP contribution in [0.5, 0.6) is 0 Å². The first-order valence-electron chi connectivity index (χ1n) is 21.4. The zero-order valence-electron chi connectivity index (χ0n) is 33.1. The van der Waals surface area contributed by atoms with Gasteiger partial charge in [0.1, 0.15) is 12.3 Å². The number of alkyl carbamates (subject to hydrolysis) is 1. The molecule has 0 aromatic carbocycles. The number of hydrogen-bond acceptors (Lipinski definition) is 7. The Morgan fingerprint density at radius 1 is 0.820 bits per heavy atom. The van der Waals surface area contributed by atoms with Crippen LogP contribution in [0.15, 0.2) is 0 Å². The fraction of sp³-hybridized carbons (Fsp3) is 0.976. The molecule has 11 unspecified atom stereocenters. The lowest BCUT2D eigenvalue weighted by Crippen LogP contribution is -2.56. The Balaban J connectivity index is 1.27. The highest BCUT2D eigenvalue weighted by Crippen LogP contribution is 2.68. The van der Waals surface area contributed by atoms with Crippen LogP contribution in [-0.4, -0.2) is 72.4 Å². The Hall–Kier alpha value is -0.930. The molecule has 0 spiro atoms. The van der Waals surface area contributed by atoms with E-state index < -0.39 is 18.4 Å². The second kappa shape index (κ2) is 19.9. The van der Waals surface area contributed by atoms with E-state index >= 15 is 0 Å². The molecule has 0 radical (unpaired) electrons. The lowest BCUT2D eigenvalue weighted by atomic mass is 9.44. The van der Waals surface area contributed by atoms with Crippen LogP contribution in [0.1, 0.15) is 157 Å². The fourth-order valence-electron chi connectivity index (χ4n) is 12.0. The van der Waals surface area contributed by atoms with Gasteiger partial charge in [0.25, 0.3) is 0 Å². The standard InChI is InChI=1S/C42H80N4O4/c1-30(2)14-12-15-31(3)35-18-19-36-34-17-16-32-28-33(20-22-41(32,4)37(34)21-23-42(35,36)5)50-40(49)45-38(29-47)39(48)46(27-13-25-44)26-11-9-7-6-8-10-24-43/h30-39,47-48H,6-29,43-44H2,1-5H3,(H,45,49). The number of carbonyl (C=O) groups is 1. The summed E-state index contributed by atoms with van der Waals surface area (Å²) in [5.74, 6) is 5.66. The lowest BCUT2D eigenvalue weighted by molar-refractivity contribution is -0.130. The second-order valence-electron chi connectivity index (χ2n) is 18.4. The Bertz CT molecular complexity index is 999. The number of amides is 1. The number of unbranched alkanes of at least 4 members (excludes halogenated alkanes) is 5. The normalized spacial score (nSPS) is 34.1. The van der Waals surface area contributed by atoms with Gasteiger partial charge in [0.15, 0.2) is 0 Å². The summed E-state index contributed by atoms with van der Waals surface area (Å²) in [6, 6.07) is -0.807. The molecule has 4 aliphatic rings. The summed E-state index contributed by atoms with van der Waals surface area (Å²) < 4.78 is 6.06. The van der Waals surface area contributed by atoms with E-state index in [9.17, 15) is 15.0 Å². The topological polar surface area (TPSA) is 134 Å². The van der Waals surface area contributed by atoms with Crippen molar-refractivity contribution < 1.29 is 19.7 Å². The minimum atomic E-state index is -0.989. The number of nitrogens with zero attached hydrogens (tertiary/aromatic N) is 1. The first kappa shape index (κ1) is 41.8. The molecule has 11 atom stereocenters. The molecule has 0 aromatic rings. The fourth-order valence-corrected chi connectivity index (χ4v) is 12.0. The summed E-state index contributed by atoms with van der Waals surface area (Å²) >= 11 is 0. The van der Waals surface area contributed by atoms with Crippen molar-refractivity contribution in [3.8, 4) is 0 Å². The molecule has 0 bridgehead atoms. The van der Waals surface area contributed by atoms with Gasteiger partial charge in [-0.2, -0.15) is 0 Å². The van der Waals surface area contributed by atoms with E-state index in [1.807, 2.05) is 4.90 Å². The monoisotopic (exact) mass is 705 g/mol. The zero-order valence-corrected chi connectivity index (χ0v) is 33.1. The van der Waals surface area contributed by atoms with Crippen molar-refractivity contribution in [1.29, 1.82) is 0 Å². The number of ether oxygens (including phenoxy) is 1. The molecule has 4 fully saturated rings. The van der Waals surface area contributed by atoms with Crippen LogP contribution in [0.3, 0.4) is 0 Å². The van der Waals surface area contributed by atoms with Gasteiger partial charge < -0.3 is 31.7 Å². The van der Waals surface area contributed by atoms with E-state index in [1.165, 1.54) is 64.2 Å². The molecule has 0 aromatic heterocycles. The first-order chi connectivity index (χ1) is 24.0. The minimum absolute atomic E-state index is 0.106. The van der Waals surface area contributed by atoms with Crippen molar-refractivity contribution in [3.05, 3.63) is 0 Å². The van der Waals surface area contributed by atoms with Gasteiger partial charge in [-0.05, 0) is 142 Å². The summed E-state index contributed by atoms with van der Waals surface area (Å²) in [4.78, 5) is 15.2. The van der Waals surface area contributed by atoms with Gasteiger partial charge in [-0.15, -0.1) is 0 Å². The molecule has 1 amide bonds. The van der Waals surface area contributed by atoms with Crippen LogP contribution in [0.2, 0.25) is 0 Å². The molecular weight excluding hydrogens is 624 g/mol. The molecule has 292 valence electrons. The highest BCUT2D eigenvalue weighted by molar-refractivity contribution is 5.68. The largest absolute Gasteiger partial charge is 0.446 e. The molecule has 7 N–H and O–H groups in total. The Labute approximate surface area is 307 Å². The number of fused-ring (bicyclic) bond motifs is 5. The number of aliphatic hydroxyl groups is 2. The number of nitrogens with one attached hydrogen (secondary N) is 1. The average molecular weight is 705 g/mol. The number of carbonyl (C=O) groups excluding carboxylic acids is 1. The van der Waals surface area contributed by atoms with Crippen molar-refractivity contribution >= 4 is 6.09 Å². The smallest absolute Gasteiger partial charge is 0.407 e. The van der Waals surface area contributed by atoms with Crippen LogP contribution in [0, 0.1) is 52.3 Å². The van der Waals surface area contributed by atoms with E-state index in [1.54, 1.807) is 0 Å². The third-order valence-electron chi connectivity index (χ3n) is 14.9. The minimum Gasteiger partial charge on any atom is -0.446 e. The number of rotatable bonds is 21. The van der Waals surface area contributed by atoms with Gasteiger partial charge >= 0.3 is 6.09 Å². The molecule has 0 aliphatic heterocycles. The Morgan fingerprint density at radius 2 is 1.48 bits per heavy atom. The van der Waals surface area contributed by atoms with E-state index in [-0.39, 0.29) is 12.7 Å². The van der Waals surface area contributed by atoms with Crippen molar-refractivity contribution in [3.63, 3.8) is 0 Å². The molecule has 50 heavy (non-hydrogen) atoms. The third-order valence-corrected chi connectivity index (χ3v) is 14.9. The van der Waals surface area contributed by atoms with Crippen LogP contribution in [-0.2, 0) is 4.74 Å². The van der Waals surface area contributed by atoms with Crippen molar-refractivity contribution in [2.24, 2.45) is 63.7 Å². The van der Waals surface area contributed by atoms with Crippen LogP contribution >= 0.6 is 0 Å². The van der Waals surface area contributed by atoms with Gasteiger partial charge in [0.05, 0.1) is 12.6 Å². The predicted molar refractivity (Wildman–Crippen MR) is 205 cm³/mol. The summed E-state index contributed by atoms with van der Waals surface area (Å²) in [5.41, 5.74) is 12.2. The molecule has 4 aliphatic carbocycles. The van der Waals surface area contributed by atoms with E-state index in [2.05, 4.69) is 39.9 Å². The summed E-state index contributed by atoms with van der Waals surface area (Å²) in [6.45, 7) is 14.8. The number of aliphatic hydroxyl groups excluding tert-OH is 2. The Morgan fingerprint density at radius 3 is 2.18 bits per heavy atom. The van der Waals surface area contributed by atoms with Crippen LogP contribution in [0.4, 0.5) is 4.79 Å². The highest BCUT2D eigenvalue weighted by atomic mass is 16.6. The van der Waals surface area contributed by atoms with E-state index in [0.717, 1.165) is 99.8 Å². The zero-order chi connectivity index (χ0) is 36.3. The summed E-state index contributed by atoms with van der Waals surface area (Å²) in [5, 5.41) is 24.3. The van der Waals surface area contributed by atoms with E-state index in [4.69, 9.17) is 16.2 Å². The maximum atomic E-state index is 13.2. The maximum absolute atomic E-state index is 13.2. The van der Waals surface area contributed by atoms with Gasteiger partial charge in [0, 0.05) is 13.1 Å². The van der Waals surface area contributed by atoms with Gasteiger partial charge in [-0.3, -0.25) is 4.90 Å². The molecule has 8 nitrogen and oxygen atoms in total. The maximum Gasteiger partial charge on any atom is 0.407 e. The van der Waals surface area contributed by atoms with Crippen LogP contribution < -0.4 is 16.8 Å². The second-order valence-corrected chi connectivity index (χ2v) is 18.4. The number of nitrogens with two attached hydrogens (primary N) is 2. The molecule has 0 heterocycles. The quantitative estimate of drug-likeness (QED) is 0.0607. The molecular formula is C42H80N4O4. The SMILES string of the molecule is CC(C)CCCC(C)C1CCC2C3CCC4CC(OC(=O)NC(CO)C(O)N(CCCN)CCCCCCCCN)CCC4(C)C3CCC12C. The highest BCUT2D eigenvalue weighted by Gasteiger charge is 2.60. The first-order valence-corrected chi connectivity index (χ1v) is 21.4. The summed E-state index contributed by atoms with van der Waals surface area (Å²) in [6.07, 6.45) is 21.1. The number of hydrogen-bond donors (Lipinski definition) is 5. The van der Waals surface area contributed by atoms with E-state index in [0.29, 0.717) is 36.4 Å². The molecule has 4 rings (SSSR count). The van der Waals surface area contributed by atoms with Crippen molar-refractivity contribution in [2.75, 3.05) is 32.8 Å². The van der Waals surface area contributed by atoms with Gasteiger partial charge in [-0.25, -0.2) is 4.79 Å². The van der Waals surface area contributed by atoms with Crippen LogP contribution in [0.25, 0.3) is 0 Å². The average Bonchev–Trinajstić information content (AvgIpc) is 3.45. The van der Waals surface area contributed by atoms with Crippen molar-refractivity contribution in [2.45, 2.75) is 175 Å². The van der Waals surface area contributed by atoms with Gasteiger partial charge in [-0.1, -0.05) is 79.6 Å². The summed E-state index contributed by atoms with van der Waals surface area (Å²) in [7, 11) is 0. The predicted octanol–water partition coefficient (Wildman–Crippen LogP) is 7.83. The third kappa shape index (κ3) is 10.4. The molecule has 0 saturated heterocycles. The van der Waals surface area contributed by atoms with Crippen molar-refractivity contribution in [1.82, 2.24) is 10.2 Å². The Kier molecular flexibility index (Phi) is 16.7. The molecule has 4 saturated carbocycles. The lowest BCUT2D eigenvalue weighted by Gasteiger charge is -2.61. The molecule has 8 heteroatoms.